The predicted octanol–water partition coefficient (Wildman–Crippen LogP) is 4.09. The first-order chi connectivity index (χ1) is 13.4. The minimum Gasteiger partial charge on any atom is -0.451 e. The highest BCUT2D eigenvalue weighted by molar-refractivity contribution is 6.33. The molecule has 1 heterocycles. The lowest BCUT2D eigenvalue weighted by Crippen LogP contribution is -2.44. The van der Waals surface area contributed by atoms with Crippen LogP contribution in [-0.2, 0) is 4.79 Å². The van der Waals surface area contributed by atoms with Crippen LogP contribution >= 0.6 is 11.6 Å². The summed E-state index contributed by atoms with van der Waals surface area (Å²) in [4.78, 5) is 24.1. The molecule has 7 heteroatoms. The van der Waals surface area contributed by atoms with Gasteiger partial charge in [0.25, 0.3) is 5.91 Å². The summed E-state index contributed by atoms with van der Waals surface area (Å²) in [6.07, 6.45) is 0. The number of anilines is 1. The number of rotatable bonds is 5. The molecule has 0 spiro atoms. The van der Waals surface area contributed by atoms with E-state index in [-0.39, 0.29) is 18.2 Å². The van der Waals surface area contributed by atoms with Crippen LogP contribution in [0.2, 0.25) is 5.02 Å². The number of carbonyl (C=O) groups excluding carboxylic acids is 2. The fraction of sp³-hybridized carbons (Fsp3) is 0.143. The highest BCUT2D eigenvalue weighted by Crippen LogP contribution is 2.28. The van der Waals surface area contributed by atoms with Crippen LogP contribution in [0.25, 0.3) is 11.3 Å². The lowest BCUT2D eigenvalue weighted by atomic mass is 10.1. The van der Waals surface area contributed by atoms with Gasteiger partial charge in [-0.15, -0.1) is 0 Å². The van der Waals surface area contributed by atoms with Crippen LogP contribution < -0.4 is 16.2 Å². The van der Waals surface area contributed by atoms with E-state index < -0.39 is 5.91 Å². The number of hydrogen-bond acceptors (Lipinski definition) is 4. The molecule has 0 bridgehead atoms. The van der Waals surface area contributed by atoms with Gasteiger partial charge in [0, 0.05) is 11.3 Å². The van der Waals surface area contributed by atoms with Crippen LogP contribution in [0.4, 0.5) is 5.69 Å². The number of amides is 2. The molecule has 0 aliphatic carbocycles. The Balaban J connectivity index is 1.53. The van der Waals surface area contributed by atoms with Crippen molar-refractivity contribution in [3.63, 3.8) is 0 Å². The molecule has 3 rings (SSSR count). The summed E-state index contributed by atoms with van der Waals surface area (Å²) < 4.78 is 5.54. The third-order valence-corrected chi connectivity index (χ3v) is 4.44. The third-order valence-electron chi connectivity index (χ3n) is 4.11. The lowest BCUT2D eigenvalue weighted by molar-refractivity contribution is -0.120. The van der Waals surface area contributed by atoms with Gasteiger partial charge in [-0.25, -0.2) is 0 Å². The van der Waals surface area contributed by atoms with Crippen LogP contribution in [0.5, 0.6) is 0 Å². The van der Waals surface area contributed by atoms with Gasteiger partial charge in [0.05, 0.1) is 11.6 Å². The Morgan fingerprint density at radius 2 is 1.79 bits per heavy atom. The van der Waals surface area contributed by atoms with E-state index in [2.05, 4.69) is 16.2 Å². The molecule has 0 fully saturated rings. The number of aryl methyl sites for hydroxylation is 2. The standard InChI is InChI=1S/C21H20ClN3O3/c1-13-7-8-17(14(2)11-13)23-12-20(26)24-25-21(27)19-10-9-18(28-19)15-5-3-4-6-16(15)22/h3-11,23H,12H2,1-2H3,(H,24,26)(H,25,27). The molecule has 0 radical (unpaired) electrons. The molecule has 0 aliphatic rings. The van der Waals surface area contributed by atoms with Gasteiger partial charge in [0.2, 0.25) is 0 Å². The molecule has 0 unspecified atom stereocenters. The molecular formula is C21H20ClN3O3. The molecule has 2 amide bonds. The van der Waals surface area contributed by atoms with Crippen molar-refractivity contribution >= 4 is 29.1 Å². The Kier molecular flexibility index (Phi) is 6.01. The largest absolute Gasteiger partial charge is 0.451 e. The van der Waals surface area contributed by atoms with Gasteiger partial charge in [-0.05, 0) is 49.7 Å². The third kappa shape index (κ3) is 4.72. The maximum atomic E-state index is 12.2. The predicted molar refractivity (Wildman–Crippen MR) is 109 cm³/mol. The molecule has 3 aromatic rings. The number of furan rings is 1. The maximum absolute atomic E-state index is 12.2. The van der Waals surface area contributed by atoms with Crippen molar-refractivity contribution in [2.45, 2.75) is 13.8 Å². The molecule has 28 heavy (non-hydrogen) atoms. The molecular weight excluding hydrogens is 378 g/mol. The normalized spacial score (nSPS) is 10.4. The zero-order valence-corrected chi connectivity index (χ0v) is 16.3. The van der Waals surface area contributed by atoms with Gasteiger partial charge < -0.3 is 9.73 Å². The van der Waals surface area contributed by atoms with E-state index in [1.807, 2.05) is 44.2 Å². The molecule has 1 aromatic heterocycles. The Morgan fingerprint density at radius 3 is 2.54 bits per heavy atom. The van der Waals surface area contributed by atoms with Gasteiger partial charge in [-0.2, -0.15) is 0 Å². The van der Waals surface area contributed by atoms with Crippen LogP contribution in [0.3, 0.4) is 0 Å². The smallest absolute Gasteiger partial charge is 0.305 e. The number of hydrazine groups is 1. The number of carbonyl (C=O) groups is 2. The molecule has 2 aromatic carbocycles. The van der Waals surface area contributed by atoms with E-state index in [1.54, 1.807) is 18.2 Å². The van der Waals surface area contributed by atoms with E-state index in [1.165, 1.54) is 6.07 Å². The van der Waals surface area contributed by atoms with E-state index in [4.69, 9.17) is 16.0 Å². The Labute approximate surface area is 167 Å². The number of nitrogens with one attached hydrogen (secondary N) is 3. The van der Waals surface area contributed by atoms with E-state index in [0.29, 0.717) is 16.3 Å². The number of benzene rings is 2. The van der Waals surface area contributed by atoms with Crippen LogP contribution in [0.15, 0.2) is 59.0 Å². The first kappa shape index (κ1) is 19.5. The average molecular weight is 398 g/mol. The quantitative estimate of drug-likeness (QED) is 0.566. The van der Waals surface area contributed by atoms with Crippen molar-refractivity contribution in [1.82, 2.24) is 10.9 Å². The molecule has 144 valence electrons. The second-order valence-corrected chi connectivity index (χ2v) is 6.73. The molecule has 0 saturated carbocycles. The topological polar surface area (TPSA) is 83.4 Å². The highest BCUT2D eigenvalue weighted by Gasteiger charge is 2.14. The lowest BCUT2D eigenvalue weighted by Gasteiger charge is -2.11. The minimum absolute atomic E-state index is 0.0210. The molecule has 6 nitrogen and oxygen atoms in total. The van der Waals surface area contributed by atoms with Crippen molar-refractivity contribution in [3.05, 3.63) is 76.5 Å². The number of halogens is 1. The van der Waals surface area contributed by atoms with Gasteiger partial charge in [0.15, 0.2) is 5.76 Å². The zero-order chi connectivity index (χ0) is 20.1. The first-order valence-corrected chi connectivity index (χ1v) is 9.07. The number of hydrogen-bond donors (Lipinski definition) is 3. The molecule has 0 atom stereocenters. The zero-order valence-electron chi connectivity index (χ0n) is 15.5. The van der Waals surface area contributed by atoms with Gasteiger partial charge in [-0.3, -0.25) is 20.4 Å². The monoisotopic (exact) mass is 397 g/mol. The fourth-order valence-corrected chi connectivity index (χ4v) is 2.91. The summed E-state index contributed by atoms with van der Waals surface area (Å²) >= 11 is 6.13. The van der Waals surface area contributed by atoms with Crippen molar-refractivity contribution in [1.29, 1.82) is 0 Å². The summed E-state index contributed by atoms with van der Waals surface area (Å²) in [6, 6.07) is 16.2. The van der Waals surface area contributed by atoms with Crippen LogP contribution in [-0.4, -0.2) is 18.4 Å². The maximum Gasteiger partial charge on any atom is 0.305 e. The minimum atomic E-state index is -0.557. The average Bonchev–Trinajstić information content (AvgIpc) is 3.16. The van der Waals surface area contributed by atoms with Crippen molar-refractivity contribution < 1.29 is 14.0 Å². The summed E-state index contributed by atoms with van der Waals surface area (Å²) in [7, 11) is 0. The first-order valence-electron chi connectivity index (χ1n) is 8.69. The summed E-state index contributed by atoms with van der Waals surface area (Å²) in [5, 5.41) is 3.56. The Bertz CT molecular complexity index is 1010. The van der Waals surface area contributed by atoms with Crippen LogP contribution in [0.1, 0.15) is 21.7 Å². The van der Waals surface area contributed by atoms with Crippen molar-refractivity contribution in [2.75, 3.05) is 11.9 Å². The second kappa shape index (κ2) is 8.63. The highest BCUT2D eigenvalue weighted by atomic mass is 35.5. The van der Waals surface area contributed by atoms with Gasteiger partial charge >= 0.3 is 5.91 Å². The van der Waals surface area contributed by atoms with Gasteiger partial charge in [0.1, 0.15) is 5.76 Å². The second-order valence-electron chi connectivity index (χ2n) is 6.32. The van der Waals surface area contributed by atoms with E-state index in [9.17, 15) is 9.59 Å². The van der Waals surface area contributed by atoms with Crippen LogP contribution in [0, 0.1) is 13.8 Å². The molecule has 0 aliphatic heterocycles. The Hall–Kier alpha value is -3.25. The molecule has 3 N–H and O–H groups in total. The van der Waals surface area contributed by atoms with Crippen molar-refractivity contribution in [2.24, 2.45) is 0 Å². The summed E-state index contributed by atoms with van der Waals surface area (Å²) in [6.45, 7) is 3.99. The van der Waals surface area contributed by atoms with E-state index in [0.717, 1.165) is 16.8 Å². The summed E-state index contributed by atoms with van der Waals surface area (Å²) in [5.41, 5.74) is 8.43. The molecule has 0 saturated heterocycles. The Morgan fingerprint density at radius 1 is 1.00 bits per heavy atom. The SMILES string of the molecule is Cc1ccc(NCC(=O)NNC(=O)c2ccc(-c3ccccc3Cl)o2)c(C)c1. The fourth-order valence-electron chi connectivity index (χ4n) is 2.69. The van der Waals surface area contributed by atoms with Gasteiger partial charge in [-0.1, -0.05) is 41.4 Å². The summed E-state index contributed by atoms with van der Waals surface area (Å²) in [5.74, 6) is -0.402. The van der Waals surface area contributed by atoms with Crippen molar-refractivity contribution in [3.8, 4) is 11.3 Å². The van der Waals surface area contributed by atoms with E-state index >= 15 is 0 Å².